The van der Waals surface area contributed by atoms with E-state index in [1.165, 1.54) is 0 Å². The highest BCUT2D eigenvalue weighted by Gasteiger charge is 2.44. The van der Waals surface area contributed by atoms with E-state index in [1.807, 2.05) is 0 Å². The SMILES string of the molecule is CCCO[Si](NC(C)C)(OCCC)C(C)CC. The molecule has 0 aromatic carbocycles. The molecular formula is C13H31NO2Si. The highest BCUT2D eigenvalue weighted by Crippen LogP contribution is 2.25. The number of nitrogens with one attached hydrogen (secondary N) is 1. The first kappa shape index (κ1) is 17.1. The summed E-state index contributed by atoms with van der Waals surface area (Å²) in [6.45, 7) is 14.6. The van der Waals surface area contributed by atoms with Crippen molar-refractivity contribution in [1.82, 2.24) is 4.98 Å². The van der Waals surface area contributed by atoms with Crippen LogP contribution in [0.2, 0.25) is 5.54 Å². The summed E-state index contributed by atoms with van der Waals surface area (Å²) in [5.74, 6) is 0. The molecule has 0 radical (unpaired) electrons. The minimum absolute atomic E-state index is 0.407. The third kappa shape index (κ3) is 6.00. The van der Waals surface area contributed by atoms with Crippen LogP contribution >= 0.6 is 0 Å². The Morgan fingerprint density at radius 1 is 0.941 bits per heavy atom. The van der Waals surface area contributed by atoms with Crippen LogP contribution in [0.1, 0.15) is 60.8 Å². The van der Waals surface area contributed by atoms with Crippen LogP contribution in [0.25, 0.3) is 0 Å². The summed E-state index contributed by atoms with van der Waals surface area (Å²) in [4.78, 5) is 3.61. The van der Waals surface area contributed by atoms with Gasteiger partial charge in [-0.15, -0.1) is 0 Å². The topological polar surface area (TPSA) is 30.5 Å². The first-order valence-corrected chi connectivity index (χ1v) is 8.97. The molecule has 4 heteroatoms. The summed E-state index contributed by atoms with van der Waals surface area (Å²) >= 11 is 0. The van der Waals surface area contributed by atoms with Crippen molar-refractivity contribution < 1.29 is 8.85 Å². The van der Waals surface area contributed by atoms with Gasteiger partial charge in [-0.3, -0.25) is 4.98 Å². The van der Waals surface area contributed by atoms with Gasteiger partial charge in [0.2, 0.25) is 0 Å². The normalized spacial score (nSPS) is 14.3. The first-order chi connectivity index (χ1) is 8.02. The molecule has 0 fully saturated rings. The quantitative estimate of drug-likeness (QED) is 0.610. The highest BCUT2D eigenvalue weighted by molar-refractivity contribution is 6.66. The second-order valence-corrected chi connectivity index (χ2v) is 8.16. The van der Waals surface area contributed by atoms with Crippen LogP contribution in [-0.2, 0) is 8.85 Å². The Balaban J connectivity index is 4.76. The van der Waals surface area contributed by atoms with Gasteiger partial charge in [0, 0.05) is 18.8 Å². The van der Waals surface area contributed by atoms with Gasteiger partial charge in [-0.1, -0.05) is 48.0 Å². The molecule has 0 bridgehead atoms. The summed E-state index contributed by atoms with van der Waals surface area (Å²) < 4.78 is 12.3. The average Bonchev–Trinajstić information content (AvgIpc) is 2.31. The van der Waals surface area contributed by atoms with Gasteiger partial charge in [-0.05, 0) is 18.9 Å². The van der Waals surface area contributed by atoms with E-state index in [4.69, 9.17) is 8.85 Å². The van der Waals surface area contributed by atoms with Crippen LogP contribution in [0.15, 0.2) is 0 Å². The van der Waals surface area contributed by atoms with Gasteiger partial charge in [0.25, 0.3) is 0 Å². The van der Waals surface area contributed by atoms with E-state index in [0.29, 0.717) is 11.6 Å². The Morgan fingerprint density at radius 2 is 1.41 bits per heavy atom. The molecule has 0 saturated carbocycles. The summed E-state index contributed by atoms with van der Waals surface area (Å²) in [5.41, 5.74) is 0.475. The number of rotatable bonds is 10. The maximum absolute atomic E-state index is 6.15. The molecule has 0 aliphatic carbocycles. The molecule has 104 valence electrons. The molecule has 0 aromatic rings. The van der Waals surface area contributed by atoms with Gasteiger partial charge in [-0.2, -0.15) is 0 Å². The molecule has 0 aliphatic rings. The minimum atomic E-state index is -2.25. The van der Waals surface area contributed by atoms with Crippen molar-refractivity contribution in [2.75, 3.05) is 13.2 Å². The fourth-order valence-electron chi connectivity index (χ4n) is 1.73. The fourth-order valence-corrected chi connectivity index (χ4v) is 5.19. The molecule has 0 spiro atoms. The van der Waals surface area contributed by atoms with E-state index in [9.17, 15) is 0 Å². The second-order valence-electron chi connectivity index (χ2n) is 4.97. The van der Waals surface area contributed by atoms with E-state index >= 15 is 0 Å². The molecule has 0 aromatic heterocycles. The average molecular weight is 261 g/mol. The van der Waals surface area contributed by atoms with Gasteiger partial charge in [-0.25, -0.2) is 0 Å². The molecule has 0 saturated heterocycles. The van der Waals surface area contributed by atoms with Gasteiger partial charge < -0.3 is 8.85 Å². The zero-order valence-electron chi connectivity index (χ0n) is 12.5. The van der Waals surface area contributed by atoms with Crippen LogP contribution < -0.4 is 4.98 Å². The highest BCUT2D eigenvalue weighted by atomic mass is 28.4. The summed E-state index contributed by atoms with van der Waals surface area (Å²) in [5, 5.41) is 0. The van der Waals surface area contributed by atoms with E-state index in [2.05, 4.69) is 46.5 Å². The van der Waals surface area contributed by atoms with Crippen LogP contribution in [0.5, 0.6) is 0 Å². The van der Waals surface area contributed by atoms with E-state index in [0.717, 1.165) is 32.5 Å². The molecule has 17 heavy (non-hydrogen) atoms. The third-order valence-electron chi connectivity index (χ3n) is 2.79. The van der Waals surface area contributed by atoms with Gasteiger partial charge in [0.05, 0.1) is 0 Å². The Hall–Kier alpha value is 0.0969. The van der Waals surface area contributed by atoms with Crippen LogP contribution in [0, 0.1) is 0 Å². The molecule has 0 amide bonds. The lowest BCUT2D eigenvalue weighted by Crippen LogP contribution is -2.61. The van der Waals surface area contributed by atoms with Crippen molar-refractivity contribution >= 4 is 8.72 Å². The van der Waals surface area contributed by atoms with Crippen molar-refractivity contribution in [3.63, 3.8) is 0 Å². The van der Waals surface area contributed by atoms with Crippen molar-refractivity contribution in [3.8, 4) is 0 Å². The molecule has 1 N–H and O–H groups in total. The lowest BCUT2D eigenvalue weighted by atomic mass is 10.4. The van der Waals surface area contributed by atoms with Crippen LogP contribution in [0.3, 0.4) is 0 Å². The van der Waals surface area contributed by atoms with E-state index in [1.54, 1.807) is 0 Å². The molecular weight excluding hydrogens is 230 g/mol. The van der Waals surface area contributed by atoms with Crippen molar-refractivity contribution in [1.29, 1.82) is 0 Å². The van der Waals surface area contributed by atoms with Crippen LogP contribution in [0.4, 0.5) is 0 Å². The Bertz CT molecular complexity index is 180. The zero-order valence-corrected chi connectivity index (χ0v) is 13.5. The molecule has 1 atom stereocenters. The summed E-state index contributed by atoms with van der Waals surface area (Å²) in [6, 6.07) is 0.407. The standard InChI is InChI=1S/C13H31NO2Si/c1-7-10-15-17(13(6)9-3,14-12(4)5)16-11-8-2/h12-14H,7-11H2,1-6H3. The molecule has 0 heterocycles. The molecule has 1 unspecified atom stereocenters. The van der Waals surface area contributed by atoms with E-state index < -0.39 is 8.72 Å². The summed E-state index contributed by atoms with van der Waals surface area (Å²) in [7, 11) is -2.25. The lowest BCUT2D eigenvalue weighted by molar-refractivity contribution is 0.144. The smallest absolute Gasteiger partial charge is 0.383 e. The Morgan fingerprint density at radius 3 is 1.71 bits per heavy atom. The molecule has 0 rings (SSSR count). The van der Waals surface area contributed by atoms with Gasteiger partial charge in [0.15, 0.2) is 0 Å². The lowest BCUT2D eigenvalue weighted by Gasteiger charge is -2.36. The van der Waals surface area contributed by atoms with Crippen molar-refractivity contribution in [3.05, 3.63) is 0 Å². The first-order valence-electron chi connectivity index (χ1n) is 7.07. The maximum Gasteiger partial charge on any atom is 0.428 e. The largest absolute Gasteiger partial charge is 0.428 e. The molecule has 3 nitrogen and oxygen atoms in total. The van der Waals surface area contributed by atoms with Crippen LogP contribution in [-0.4, -0.2) is 28.0 Å². The monoisotopic (exact) mass is 261 g/mol. The second kappa shape index (κ2) is 9.08. The van der Waals surface area contributed by atoms with E-state index in [-0.39, 0.29) is 0 Å². The predicted octanol–water partition coefficient (Wildman–Crippen LogP) is 3.58. The fraction of sp³-hybridized carbons (Fsp3) is 1.00. The minimum Gasteiger partial charge on any atom is -0.383 e. The zero-order chi connectivity index (χ0) is 13.3. The third-order valence-corrected chi connectivity index (χ3v) is 6.74. The Kier molecular flexibility index (Phi) is 9.14. The maximum atomic E-state index is 6.15. The molecule has 0 aliphatic heterocycles. The van der Waals surface area contributed by atoms with Crippen molar-refractivity contribution in [2.24, 2.45) is 0 Å². The van der Waals surface area contributed by atoms with Crippen molar-refractivity contribution in [2.45, 2.75) is 72.4 Å². The van der Waals surface area contributed by atoms with Gasteiger partial charge >= 0.3 is 8.72 Å². The Labute approximate surface area is 109 Å². The predicted molar refractivity (Wildman–Crippen MR) is 76.2 cm³/mol. The number of hydrogen-bond donors (Lipinski definition) is 1. The van der Waals surface area contributed by atoms with Gasteiger partial charge in [0.1, 0.15) is 0 Å². The summed E-state index contributed by atoms with van der Waals surface area (Å²) in [6.07, 6.45) is 3.18. The number of hydrogen-bond acceptors (Lipinski definition) is 3.